The Kier molecular flexibility index (Phi) is 5.39. The highest BCUT2D eigenvalue weighted by atomic mass is 16.5. The first-order valence-corrected chi connectivity index (χ1v) is 7.25. The van der Waals surface area contributed by atoms with E-state index in [0.717, 1.165) is 9.13 Å². The van der Waals surface area contributed by atoms with Crippen LogP contribution < -0.4 is 21.3 Å². The van der Waals surface area contributed by atoms with Gasteiger partial charge in [0.1, 0.15) is 30.3 Å². The summed E-state index contributed by atoms with van der Waals surface area (Å²) in [5.41, 5.74) is -1.43. The van der Waals surface area contributed by atoms with Crippen molar-refractivity contribution in [3.63, 3.8) is 0 Å². The van der Waals surface area contributed by atoms with Crippen molar-refractivity contribution in [2.75, 3.05) is 18.5 Å². The lowest BCUT2D eigenvalue weighted by Gasteiger charge is -2.17. The maximum Gasteiger partial charge on any atom is 0.332 e. The van der Waals surface area contributed by atoms with Crippen LogP contribution >= 0.6 is 0 Å². The van der Waals surface area contributed by atoms with Gasteiger partial charge in [0.25, 0.3) is 5.56 Å². The lowest BCUT2D eigenvalue weighted by Crippen LogP contribution is -2.40. The fourth-order valence-corrected chi connectivity index (χ4v) is 2.13. The van der Waals surface area contributed by atoms with Crippen molar-refractivity contribution in [1.29, 1.82) is 5.26 Å². The number of ether oxygens (including phenoxy) is 1. The van der Waals surface area contributed by atoms with Gasteiger partial charge in [-0.05, 0) is 12.1 Å². The van der Waals surface area contributed by atoms with Gasteiger partial charge in [0.15, 0.2) is 5.56 Å². The number of hydrogen-bond donors (Lipinski definition) is 2. The van der Waals surface area contributed by atoms with Crippen molar-refractivity contribution in [2.24, 2.45) is 14.1 Å². The van der Waals surface area contributed by atoms with Gasteiger partial charge in [0.05, 0.1) is 0 Å². The van der Waals surface area contributed by atoms with Gasteiger partial charge < -0.3 is 15.2 Å². The largest absolute Gasteiger partial charge is 0.491 e. The number of nitrogens with one attached hydrogen (secondary N) is 1. The summed E-state index contributed by atoms with van der Waals surface area (Å²) in [6.45, 7) is 0.0413. The fourth-order valence-electron chi connectivity index (χ4n) is 2.13. The van der Waals surface area contributed by atoms with E-state index in [-0.39, 0.29) is 24.5 Å². The number of anilines is 1. The third-order valence-corrected chi connectivity index (χ3v) is 3.47. The van der Waals surface area contributed by atoms with Crippen molar-refractivity contribution < 1.29 is 9.84 Å². The second-order valence-electron chi connectivity index (χ2n) is 5.20. The molecule has 1 unspecified atom stereocenters. The molecule has 1 heterocycles. The van der Waals surface area contributed by atoms with Crippen LogP contribution in [0.2, 0.25) is 0 Å². The summed E-state index contributed by atoms with van der Waals surface area (Å²) < 4.78 is 7.44. The van der Waals surface area contributed by atoms with Crippen LogP contribution in [-0.2, 0) is 14.1 Å². The van der Waals surface area contributed by atoms with Gasteiger partial charge in [0.2, 0.25) is 0 Å². The third kappa shape index (κ3) is 3.64. The van der Waals surface area contributed by atoms with Crippen LogP contribution in [0.3, 0.4) is 0 Å². The standard InChI is InChI=1S/C16H18N4O4/c1-19-14(13(8-17)15(22)20(2)16(19)23)18-9-11(21)10-24-12-6-4-3-5-7-12/h3-7,11,18,21H,9-10H2,1-2H3. The minimum atomic E-state index is -0.893. The van der Waals surface area contributed by atoms with Crippen LogP contribution in [-0.4, -0.2) is 33.5 Å². The molecule has 0 aliphatic carbocycles. The van der Waals surface area contributed by atoms with E-state index in [1.54, 1.807) is 18.2 Å². The predicted molar refractivity (Wildman–Crippen MR) is 88.1 cm³/mol. The smallest absolute Gasteiger partial charge is 0.332 e. The summed E-state index contributed by atoms with van der Waals surface area (Å²) in [5, 5.41) is 21.9. The highest BCUT2D eigenvalue weighted by Crippen LogP contribution is 2.10. The molecule has 0 fully saturated rings. The Hall–Kier alpha value is -3.05. The average Bonchev–Trinajstić information content (AvgIpc) is 2.61. The van der Waals surface area contributed by atoms with E-state index in [1.807, 2.05) is 18.2 Å². The Morgan fingerprint density at radius 1 is 1.25 bits per heavy atom. The molecule has 0 amide bonds. The summed E-state index contributed by atoms with van der Waals surface area (Å²) in [4.78, 5) is 23.9. The summed E-state index contributed by atoms with van der Waals surface area (Å²) in [7, 11) is 2.75. The molecular formula is C16H18N4O4. The molecule has 126 valence electrons. The number of rotatable bonds is 6. The Balaban J connectivity index is 2.08. The molecule has 1 aromatic carbocycles. The highest BCUT2D eigenvalue weighted by molar-refractivity contribution is 5.51. The van der Waals surface area contributed by atoms with Crippen LogP contribution in [0.25, 0.3) is 0 Å². The molecule has 0 saturated heterocycles. The normalized spacial score (nSPS) is 11.6. The van der Waals surface area contributed by atoms with E-state index in [9.17, 15) is 14.7 Å². The fraction of sp³-hybridized carbons (Fsp3) is 0.312. The molecule has 1 atom stereocenters. The number of para-hydroxylation sites is 1. The molecule has 2 N–H and O–H groups in total. The molecule has 8 heteroatoms. The monoisotopic (exact) mass is 330 g/mol. The van der Waals surface area contributed by atoms with Gasteiger partial charge in [-0.2, -0.15) is 5.26 Å². The molecule has 24 heavy (non-hydrogen) atoms. The highest BCUT2D eigenvalue weighted by Gasteiger charge is 2.16. The van der Waals surface area contributed by atoms with Crippen molar-refractivity contribution in [3.05, 3.63) is 56.7 Å². The first-order chi connectivity index (χ1) is 11.5. The van der Waals surface area contributed by atoms with E-state index < -0.39 is 17.4 Å². The maximum atomic E-state index is 11.9. The lowest BCUT2D eigenvalue weighted by atomic mass is 10.3. The van der Waals surface area contributed by atoms with Crippen LogP contribution in [0.1, 0.15) is 5.56 Å². The average molecular weight is 330 g/mol. The summed E-state index contributed by atoms with van der Waals surface area (Å²) in [6, 6.07) is 10.8. The zero-order valence-electron chi connectivity index (χ0n) is 13.4. The Bertz CT molecular complexity index is 865. The molecule has 2 aromatic rings. The van der Waals surface area contributed by atoms with E-state index in [2.05, 4.69) is 5.32 Å². The van der Waals surface area contributed by atoms with Gasteiger partial charge in [0, 0.05) is 20.6 Å². The molecule has 0 aliphatic heterocycles. The molecule has 0 bridgehead atoms. The zero-order valence-corrected chi connectivity index (χ0v) is 13.4. The second kappa shape index (κ2) is 7.48. The Morgan fingerprint density at radius 3 is 2.54 bits per heavy atom. The number of nitrogens with zero attached hydrogens (tertiary/aromatic N) is 3. The van der Waals surface area contributed by atoms with Crippen molar-refractivity contribution in [1.82, 2.24) is 9.13 Å². The molecule has 1 aromatic heterocycles. The first-order valence-electron chi connectivity index (χ1n) is 7.25. The van der Waals surface area contributed by atoms with Gasteiger partial charge in [-0.3, -0.25) is 13.9 Å². The molecule has 0 radical (unpaired) electrons. The van der Waals surface area contributed by atoms with Crippen molar-refractivity contribution in [2.45, 2.75) is 6.10 Å². The van der Waals surface area contributed by atoms with Crippen LogP contribution in [0, 0.1) is 11.3 Å². The molecule has 0 aliphatic rings. The van der Waals surface area contributed by atoms with Crippen molar-refractivity contribution in [3.8, 4) is 11.8 Å². The van der Waals surface area contributed by atoms with Crippen LogP contribution in [0.5, 0.6) is 5.75 Å². The number of benzene rings is 1. The Morgan fingerprint density at radius 2 is 1.92 bits per heavy atom. The number of nitriles is 1. The number of hydrogen-bond acceptors (Lipinski definition) is 6. The quantitative estimate of drug-likeness (QED) is 0.760. The molecule has 0 spiro atoms. The topological polar surface area (TPSA) is 109 Å². The zero-order chi connectivity index (χ0) is 17.7. The lowest BCUT2D eigenvalue weighted by molar-refractivity contribution is 0.117. The SMILES string of the molecule is Cn1c(NCC(O)COc2ccccc2)c(C#N)c(=O)n(C)c1=O. The van der Waals surface area contributed by atoms with Crippen LogP contribution in [0.4, 0.5) is 5.82 Å². The Labute approximate surface area is 138 Å². The molecule has 2 rings (SSSR count). The minimum absolute atomic E-state index is 0.0158. The number of aliphatic hydroxyl groups excluding tert-OH is 1. The van der Waals surface area contributed by atoms with E-state index in [1.165, 1.54) is 14.1 Å². The summed E-state index contributed by atoms with van der Waals surface area (Å²) in [5.74, 6) is 0.694. The summed E-state index contributed by atoms with van der Waals surface area (Å²) >= 11 is 0. The maximum absolute atomic E-state index is 11.9. The molecular weight excluding hydrogens is 312 g/mol. The van der Waals surface area contributed by atoms with Gasteiger partial charge in [-0.1, -0.05) is 18.2 Å². The third-order valence-electron chi connectivity index (χ3n) is 3.47. The van der Waals surface area contributed by atoms with Gasteiger partial charge in [-0.25, -0.2) is 4.79 Å². The van der Waals surface area contributed by atoms with E-state index in [4.69, 9.17) is 10.00 Å². The van der Waals surface area contributed by atoms with E-state index >= 15 is 0 Å². The van der Waals surface area contributed by atoms with Gasteiger partial charge in [-0.15, -0.1) is 0 Å². The van der Waals surface area contributed by atoms with Crippen molar-refractivity contribution >= 4 is 5.82 Å². The molecule has 8 nitrogen and oxygen atoms in total. The van der Waals surface area contributed by atoms with Gasteiger partial charge >= 0.3 is 5.69 Å². The second-order valence-corrected chi connectivity index (χ2v) is 5.20. The number of aromatic nitrogens is 2. The molecule has 0 saturated carbocycles. The minimum Gasteiger partial charge on any atom is -0.491 e. The number of aliphatic hydroxyl groups is 1. The predicted octanol–water partition coefficient (Wildman–Crippen LogP) is -0.193. The summed E-state index contributed by atoms with van der Waals surface area (Å²) in [6.07, 6.45) is -0.893. The first kappa shape index (κ1) is 17.3. The van der Waals surface area contributed by atoms with E-state index in [0.29, 0.717) is 5.75 Å². The van der Waals surface area contributed by atoms with Crippen LogP contribution in [0.15, 0.2) is 39.9 Å².